The minimum atomic E-state index is -3.72. The molecule has 0 aliphatic heterocycles. The summed E-state index contributed by atoms with van der Waals surface area (Å²) in [6, 6.07) is 8.22. The van der Waals surface area contributed by atoms with Gasteiger partial charge in [-0.25, -0.2) is 8.42 Å². The van der Waals surface area contributed by atoms with E-state index in [4.69, 9.17) is 11.2 Å². The van der Waals surface area contributed by atoms with E-state index in [1.165, 1.54) is 7.11 Å². The molecule has 5 heteroatoms. The highest BCUT2D eigenvalue weighted by Crippen LogP contribution is 2.44. The molecule has 0 unspecified atom stereocenters. The van der Waals surface area contributed by atoms with Gasteiger partial charge in [-0.05, 0) is 25.0 Å². The van der Waals surface area contributed by atoms with Gasteiger partial charge in [-0.3, -0.25) is 4.79 Å². The molecule has 2 rings (SSSR count). The van der Waals surface area contributed by atoms with Crippen molar-refractivity contribution in [1.29, 1.82) is 0 Å². The van der Waals surface area contributed by atoms with E-state index in [1.807, 2.05) is 0 Å². The number of rotatable bonds is 4. The van der Waals surface area contributed by atoms with Crippen molar-refractivity contribution in [2.75, 3.05) is 7.11 Å². The molecule has 0 spiro atoms. The average molecular weight is 320 g/mol. The molecule has 4 nitrogen and oxygen atoms in total. The first kappa shape index (κ1) is 16.6. The summed E-state index contributed by atoms with van der Waals surface area (Å²) in [4.78, 5) is 11.9. The first-order valence-electron chi connectivity index (χ1n) is 7.32. The molecule has 0 aromatic heterocycles. The summed E-state index contributed by atoms with van der Waals surface area (Å²) in [5.74, 6) is 1.71. The van der Waals surface area contributed by atoms with E-state index < -0.39 is 26.5 Å². The molecule has 1 saturated carbocycles. The van der Waals surface area contributed by atoms with Gasteiger partial charge in [0.15, 0.2) is 9.84 Å². The van der Waals surface area contributed by atoms with Crippen LogP contribution in [0.5, 0.6) is 0 Å². The van der Waals surface area contributed by atoms with Crippen LogP contribution in [0.15, 0.2) is 35.2 Å². The lowest BCUT2D eigenvalue weighted by Crippen LogP contribution is -2.47. The van der Waals surface area contributed by atoms with Crippen LogP contribution in [0, 0.1) is 18.3 Å². The van der Waals surface area contributed by atoms with Crippen LogP contribution >= 0.6 is 0 Å². The Morgan fingerprint density at radius 1 is 1.36 bits per heavy atom. The van der Waals surface area contributed by atoms with Crippen LogP contribution in [0.4, 0.5) is 0 Å². The predicted molar refractivity (Wildman–Crippen MR) is 83.8 cm³/mol. The lowest BCUT2D eigenvalue weighted by atomic mass is 9.77. The van der Waals surface area contributed by atoms with Crippen molar-refractivity contribution in [2.45, 2.75) is 41.7 Å². The number of carbonyl (C=O) groups is 1. The van der Waals surface area contributed by atoms with E-state index in [2.05, 4.69) is 5.92 Å². The Labute approximate surface area is 131 Å². The van der Waals surface area contributed by atoms with Crippen LogP contribution in [0.1, 0.15) is 32.1 Å². The SMILES string of the molecule is C#C[C@]1(S(=O)(=O)c2ccccc2)CCCC[C@@H]1CC(=O)OC. The predicted octanol–water partition coefficient (Wildman–Crippen LogP) is 2.59. The van der Waals surface area contributed by atoms with Gasteiger partial charge in [0.05, 0.1) is 18.4 Å². The number of ether oxygens (including phenoxy) is 1. The van der Waals surface area contributed by atoms with Gasteiger partial charge in [0.2, 0.25) is 0 Å². The van der Waals surface area contributed by atoms with Crippen molar-refractivity contribution >= 4 is 15.8 Å². The highest BCUT2D eigenvalue weighted by molar-refractivity contribution is 7.93. The minimum Gasteiger partial charge on any atom is -0.469 e. The number of benzene rings is 1. The van der Waals surface area contributed by atoms with Gasteiger partial charge in [0.25, 0.3) is 0 Å². The molecule has 1 aromatic rings. The van der Waals surface area contributed by atoms with Crippen molar-refractivity contribution in [1.82, 2.24) is 0 Å². The summed E-state index contributed by atoms with van der Waals surface area (Å²) in [5, 5.41) is 0. The molecule has 0 N–H and O–H groups in total. The zero-order chi connectivity index (χ0) is 16.2. The molecular formula is C17H20O4S. The maximum Gasteiger partial charge on any atom is 0.305 e. The number of methoxy groups -OCH3 is 1. The Morgan fingerprint density at radius 2 is 2.05 bits per heavy atom. The van der Waals surface area contributed by atoms with Crippen molar-refractivity contribution in [2.24, 2.45) is 5.92 Å². The van der Waals surface area contributed by atoms with Gasteiger partial charge in [0, 0.05) is 5.92 Å². The molecule has 1 aliphatic carbocycles. The zero-order valence-electron chi connectivity index (χ0n) is 12.6. The number of carbonyl (C=O) groups excluding carboxylic acids is 1. The Kier molecular flexibility index (Phi) is 4.92. The molecule has 1 fully saturated rings. The van der Waals surface area contributed by atoms with E-state index in [1.54, 1.807) is 30.3 Å². The summed E-state index contributed by atoms with van der Waals surface area (Å²) in [5.41, 5.74) is 0. The van der Waals surface area contributed by atoms with Crippen molar-refractivity contribution in [3.63, 3.8) is 0 Å². The highest BCUT2D eigenvalue weighted by Gasteiger charge is 2.51. The van der Waals surface area contributed by atoms with Crippen LogP contribution in [0.25, 0.3) is 0 Å². The van der Waals surface area contributed by atoms with E-state index in [-0.39, 0.29) is 11.3 Å². The molecule has 1 aliphatic rings. The molecule has 22 heavy (non-hydrogen) atoms. The maximum atomic E-state index is 13.1. The first-order valence-corrected chi connectivity index (χ1v) is 8.80. The highest BCUT2D eigenvalue weighted by atomic mass is 32.2. The van der Waals surface area contributed by atoms with Crippen LogP contribution in [-0.4, -0.2) is 26.2 Å². The van der Waals surface area contributed by atoms with Gasteiger partial charge < -0.3 is 4.74 Å². The van der Waals surface area contributed by atoms with Gasteiger partial charge in [-0.2, -0.15) is 0 Å². The Hall–Kier alpha value is -1.80. The fourth-order valence-corrected chi connectivity index (χ4v) is 5.34. The topological polar surface area (TPSA) is 60.4 Å². The summed E-state index contributed by atoms with van der Waals surface area (Å²) < 4.78 is 29.6. The monoisotopic (exact) mass is 320 g/mol. The van der Waals surface area contributed by atoms with Crippen molar-refractivity contribution in [3.05, 3.63) is 30.3 Å². The van der Waals surface area contributed by atoms with Gasteiger partial charge in [-0.15, -0.1) is 6.42 Å². The second-order valence-corrected chi connectivity index (χ2v) is 7.78. The third-order valence-corrected chi connectivity index (χ3v) is 6.94. The molecule has 1 aromatic carbocycles. The largest absolute Gasteiger partial charge is 0.469 e. The first-order chi connectivity index (χ1) is 10.5. The molecular weight excluding hydrogens is 300 g/mol. The molecule has 0 heterocycles. The zero-order valence-corrected chi connectivity index (χ0v) is 13.4. The van der Waals surface area contributed by atoms with Crippen LogP contribution < -0.4 is 0 Å². The molecule has 0 saturated heterocycles. The minimum absolute atomic E-state index is 0.0345. The lowest BCUT2D eigenvalue weighted by Gasteiger charge is -2.39. The van der Waals surface area contributed by atoms with E-state index >= 15 is 0 Å². The number of hydrogen-bond acceptors (Lipinski definition) is 4. The Bertz CT molecular complexity index is 672. The van der Waals surface area contributed by atoms with Crippen LogP contribution in [0.3, 0.4) is 0 Å². The quantitative estimate of drug-likeness (QED) is 0.632. The van der Waals surface area contributed by atoms with E-state index in [0.717, 1.165) is 12.8 Å². The molecule has 0 amide bonds. The summed E-state index contributed by atoms with van der Waals surface area (Å²) >= 11 is 0. The lowest BCUT2D eigenvalue weighted by molar-refractivity contribution is -0.142. The molecule has 118 valence electrons. The number of esters is 1. The van der Waals surface area contributed by atoms with Gasteiger partial charge in [-0.1, -0.05) is 37.0 Å². The van der Waals surface area contributed by atoms with Crippen molar-refractivity contribution in [3.8, 4) is 12.3 Å². The third-order valence-electron chi connectivity index (χ3n) is 4.43. The smallest absolute Gasteiger partial charge is 0.305 e. The van der Waals surface area contributed by atoms with Gasteiger partial charge >= 0.3 is 5.97 Å². The van der Waals surface area contributed by atoms with Gasteiger partial charge in [0.1, 0.15) is 4.75 Å². The summed E-state index contributed by atoms with van der Waals surface area (Å²) in [7, 11) is -2.42. The number of sulfone groups is 1. The Morgan fingerprint density at radius 3 is 2.64 bits per heavy atom. The normalized spacial score (nSPS) is 25.2. The van der Waals surface area contributed by atoms with Crippen molar-refractivity contribution < 1.29 is 17.9 Å². The average Bonchev–Trinajstić information content (AvgIpc) is 2.56. The number of terminal acetylenes is 1. The van der Waals surface area contributed by atoms with Crippen LogP contribution in [0.2, 0.25) is 0 Å². The summed E-state index contributed by atoms with van der Waals surface area (Å²) in [6.07, 6.45) is 8.33. The Balaban J connectivity index is 2.49. The van der Waals surface area contributed by atoms with Crippen LogP contribution in [-0.2, 0) is 19.4 Å². The molecule has 0 bridgehead atoms. The van der Waals surface area contributed by atoms with E-state index in [9.17, 15) is 13.2 Å². The van der Waals surface area contributed by atoms with E-state index in [0.29, 0.717) is 12.8 Å². The fraction of sp³-hybridized carbons (Fsp3) is 0.471. The molecule has 2 atom stereocenters. The number of hydrogen-bond donors (Lipinski definition) is 0. The second kappa shape index (κ2) is 6.53. The molecule has 0 radical (unpaired) electrons. The standard InChI is InChI=1S/C17H20O4S/c1-3-17(22(19,20)15-10-5-4-6-11-15)12-8-7-9-14(17)13-16(18)21-2/h1,4-6,10-11,14H,7-9,12-13H2,2H3/t14-,17+/m1/s1. The second-order valence-electron chi connectivity index (χ2n) is 5.57. The third kappa shape index (κ3) is 2.76. The summed E-state index contributed by atoms with van der Waals surface area (Å²) in [6.45, 7) is 0. The fourth-order valence-electron chi connectivity index (χ4n) is 3.20. The maximum absolute atomic E-state index is 13.1.